The van der Waals surface area contributed by atoms with Crippen molar-refractivity contribution in [2.75, 3.05) is 0 Å². The first-order chi connectivity index (χ1) is 12.7. The number of rotatable bonds is 2. The van der Waals surface area contributed by atoms with Gasteiger partial charge in [-0.05, 0) is 36.4 Å². The minimum Gasteiger partial charge on any atom is -0.469 e. The van der Waals surface area contributed by atoms with E-state index in [2.05, 4.69) is 0 Å². The summed E-state index contributed by atoms with van der Waals surface area (Å²) in [5.41, 5.74) is 1.07. The summed E-state index contributed by atoms with van der Waals surface area (Å²) in [7, 11) is 0. The van der Waals surface area contributed by atoms with Gasteiger partial charge in [0.15, 0.2) is 5.76 Å². The highest BCUT2D eigenvalue weighted by Gasteiger charge is 2.39. The van der Waals surface area contributed by atoms with Gasteiger partial charge >= 0.3 is 5.97 Å². The van der Waals surface area contributed by atoms with Crippen molar-refractivity contribution in [3.63, 3.8) is 0 Å². The predicted molar refractivity (Wildman–Crippen MR) is 88.9 cm³/mol. The number of carbonyl (C=O) groups excluding carboxylic acids is 2. The number of ketones is 1. The molecule has 5 rings (SSSR count). The Hall–Kier alpha value is -3.54. The summed E-state index contributed by atoms with van der Waals surface area (Å²) in [4.78, 5) is 24.7. The van der Waals surface area contributed by atoms with Crippen LogP contribution in [0.5, 0.6) is 11.5 Å². The largest absolute Gasteiger partial charge is 0.469 e. The molecule has 0 N–H and O–H groups in total. The van der Waals surface area contributed by atoms with Gasteiger partial charge in [-0.15, -0.1) is 0 Å². The second kappa shape index (κ2) is 5.49. The van der Waals surface area contributed by atoms with Crippen LogP contribution in [0.3, 0.4) is 0 Å². The van der Waals surface area contributed by atoms with E-state index in [0.29, 0.717) is 34.1 Å². The first-order valence-electron chi connectivity index (χ1n) is 8.09. The molecule has 0 saturated carbocycles. The van der Waals surface area contributed by atoms with E-state index < -0.39 is 0 Å². The number of allylic oxidation sites excluding steroid dienone is 1. The van der Waals surface area contributed by atoms with Gasteiger partial charge in [0.25, 0.3) is 0 Å². The van der Waals surface area contributed by atoms with Gasteiger partial charge in [0, 0.05) is 11.6 Å². The van der Waals surface area contributed by atoms with Crippen LogP contribution < -0.4 is 9.47 Å². The lowest BCUT2D eigenvalue weighted by atomic mass is 9.88. The Morgan fingerprint density at radius 2 is 1.81 bits per heavy atom. The highest BCUT2D eigenvalue weighted by Crippen LogP contribution is 2.48. The average Bonchev–Trinajstić information content (AvgIpc) is 3.37. The van der Waals surface area contributed by atoms with E-state index in [0.717, 1.165) is 0 Å². The highest BCUT2D eigenvalue weighted by molar-refractivity contribution is 6.15. The molecular formula is C20H12O6. The molecule has 0 spiro atoms. The third kappa shape index (κ3) is 2.19. The zero-order chi connectivity index (χ0) is 17.7. The number of hydrogen-bond donors (Lipinski definition) is 0. The molecule has 0 bridgehead atoms. The number of ether oxygens (including phenoxy) is 2. The first-order valence-corrected chi connectivity index (χ1v) is 8.09. The van der Waals surface area contributed by atoms with Crippen LogP contribution in [0, 0.1) is 0 Å². The van der Waals surface area contributed by atoms with Gasteiger partial charge in [0.05, 0.1) is 30.4 Å². The van der Waals surface area contributed by atoms with Crippen molar-refractivity contribution < 1.29 is 27.9 Å². The third-order valence-corrected chi connectivity index (χ3v) is 4.48. The standard InChI is InChI=1S/C20H12O6/c21-17-10-13(14-4-2-8-24-14)18-15(25-17)6-5-12-19(22)16(26-20(12)18)9-11-3-1-7-23-11/h1-9,13H,10H2/b16-9-/t13-/m0/s1. The van der Waals surface area contributed by atoms with Gasteiger partial charge in [-0.2, -0.15) is 0 Å². The molecule has 0 amide bonds. The fourth-order valence-corrected chi connectivity index (χ4v) is 3.34. The summed E-state index contributed by atoms with van der Waals surface area (Å²) in [5, 5.41) is 0. The van der Waals surface area contributed by atoms with Crippen molar-refractivity contribution in [2.45, 2.75) is 12.3 Å². The average molecular weight is 348 g/mol. The first kappa shape index (κ1) is 14.8. The van der Waals surface area contributed by atoms with Crippen LogP contribution >= 0.6 is 0 Å². The van der Waals surface area contributed by atoms with Crippen molar-refractivity contribution in [2.24, 2.45) is 0 Å². The second-order valence-electron chi connectivity index (χ2n) is 6.06. The minimum absolute atomic E-state index is 0.117. The predicted octanol–water partition coefficient (Wildman–Crippen LogP) is 3.93. The van der Waals surface area contributed by atoms with Crippen molar-refractivity contribution in [3.8, 4) is 11.5 Å². The van der Waals surface area contributed by atoms with Gasteiger partial charge in [-0.1, -0.05) is 0 Å². The van der Waals surface area contributed by atoms with Gasteiger partial charge in [-0.3, -0.25) is 9.59 Å². The molecule has 6 heteroatoms. The summed E-state index contributed by atoms with van der Waals surface area (Å²) < 4.78 is 22.0. The van der Waals surface area contributed by atoms with E-state index in [-0.39, 0.29) is 29.9 Å². The number of hydrogen-bond acceptors (Lipinski definition) is 6. The van der Waals surface area contributed by atoms with Crippen LogP contribution in [0.1, 0.15) is 39.8 Å². The maximum atomic E-state index is 12.7. The summed E-state index contributed by atoms with van der Waals surface area (Å²) in [6.07, 6.45) is 4.73. The quantitative estimate of drug-likeness (QED) is 0.397. The maximum Gasteiger partial charge on any atom is 0.312 e. The molecule has 3 aromatic rings. The number of Topliss-reactive ketones (excluding diaryl/α,β-unsaturated/α-hetero) is 1. The smallest absolute Gasteiger partial charge is 0.312 e. The molecule has 4 heterocycles. The Labute approximate surface area is 147 Å². The summed E-state index contributed by atoms with van der Waals surface area (Å²) in [5.74, 6) is 1.13. The maximum absolute atomic E-state index is 12.7. The van der Waals surface area contributed by atoms with Gasteiger partial charge < -0.3 is 18.3 Å². The zero-order valence-electron chi connectivity index (χ0n) is 13.4. The number of fused-ring (bicyclic) bond motifs is 3. The van der Waals surface area contributed by atoms with Crippen molar-refractivity contribution >= 4 is 17.8 Å². The van der Waals surface area contributed by atoms with E-state index in [1.807, 2.05) is 0 Å². The van der Waals surface area contributed by atoms with E-state index in [1.165, 1.54) is 6.26 Å². The molecule has 0 saturated heterocycles. The van der Waals surface area contributed by atoms with Gasteiger partial charge in [-0.25, -0.2) is 0 Å². The van der Waals surface area contributed by atoms with Gasteiger partial charge in [0.1, 0.15) is 23.0 Å². The minimum atomic E-state index is -0.369. The molecule has 0 fully saturated rings. The summed E-state index contributed by atoms with van der Waals surface area (Å²) >= 11 is 0. The second-order valence-corrected chi connectivity index (χ2v) is 6.06. The fourth-order valence-electron chi connectivity index (χ4n) is 3.34. The molecular weight excluding hydrogens is 336 g/mol. The lowest BCUT2D eigenvalue weighted by Crippen LogP contribution is -2.21. The highest BCUT2D eigenvalue weighted by atomic mass is 16.5. The molecule has 2 aliphatic rings. The van der Waals surface area contributed by atoms with Crippen molar-refractivity contribution in [1.82, 2.24) is 0 Å². The molecule has 1 aromatic carbocycles. The van der Waals surface area contributed by atoms with E-state index in [1.54, 1.807) is 48.7 Å². The monoisotopic (exact) mass is 348 g/mol. The van der Waals surface area contributed by atoms with E-state index in [9.17, 15) is 9.59 Å². The Morgan fingerprint density at radius 3 is 2.58 bits per heavy atom. The van der Waals surface area contributed by atoms with Crippen LogP contribution in [0.2, 0.25) is 0 Å². The molecule has 2 aromatic heterocycles. The van der Waals surface area contributed by atoms with Crippen LogP contribution in [0.4, 0.5) is 0 Å². The van der Waals surface area contributed by atoms with Crippen LogP contribution in [0.15, 0.2) is 63.5 Å². The molecule has 2 aliphatic heterocycles. The molecule has 1 atom stereocenters. The number of esters is 1. The Morgan fingerprint density at radius 1 is 0.962 bits per heavy atom. The van der Waals surface area contributed by atoms with E-state index in [4.69, 9.17) is 18.3 Å². The topological polar surface area (TPSA) is 78.9 Å². The third-order valence-electron chi connectivity index (χ3n) is 4.48. The lowest BCUT2D eigenvalue weighted by molar-refractivity contribution is -0.135. The number of benzene rings is 1. The van der Waals surface area contributed by atoms with Crippen LogP contribution in [0.25, 0.3) is 6.08 Å². The molecule has 128 valence electrons. The van der Waals surface area contributed by atoms with Crippen LogP contribution in [-0.2, 0) is 4.79 Å². The van der Waals surface area contributed by atoms with Crippen LogP contribution in [-0.4, -0.2) is 11.8 Å². The number of furan rings is 2. The summed E-state index contributed by atoms with van der Waals surface area (Å²) in [6.45, 7) is 0. The fraction of sp³-hybridized carbons (Fsp3) is 0.100. The number of carbonyl (C=O) groups is 2. The molecule has 0 aliphatic carbocycles. The normalized spacial score (nSPS) is 19.8. The molecule has 0 radical (unpaired) electrons. The SMILES string of the molecule is O=C1C[C@@H](c2ccco2)c2c(ccc3c2O/C(=C\c2ccco2)C3=O)O1. The summed E-state index contributed by atoms with van der Waals surface area (Å²) in [6, 6.07) is 10.2. The lowest BCUT2D eigenvalue weighted by Gasteiger charge is -2.24. The Bertz CT molecular complexity index is 1040. The Kier molecular flexibility index (Phi) is 3.12. The molecule has 0 unspecified atom stereocenters. The van der Waals surface area contributed by atoms with Crippen molar-refractivity contribution in [1.29, 1.82) is 0 Å². The van der Waals surface area contributed by atoms with E-state index >= 15 is 0 Å². The molecule has 6 nitrogen and oxygen atoms in total. The molecule has 26 heavy (non-hydrogen) atoms. The van der Waals surface area contributed by atoms with Crippen molar-refractivity contribution in [3.05, 3.63) is 77.3 Å². The Balaban J connectivity index is 1.65. The van der Waals surface area contributed by atoms with Gasteiger partial charge in [0.2, 0.25) is 5.78 Å². The zero-order valence-corrected chi connectivity index (χ0v) is 13.4.